The fourth-order valence-electron chi connectivity index (χ4n) is 1.62. The van der Waals surface area contributed by atoms with Crippen LogP contribution in [-0.2, 0) is 13.5 Å². The van der Waals surface area contributed by atoms with E-state index in [0.29, 0.717) is 12.1 Å². The summed E-state index contributed by atoms with van der Waals surface area (Å²) in [6.45, 7) is 0. The fourth-order valence-corrected chi connectivity index (χ4v) is 1.62. The minimum Gasteiger partial charge on any atom is -0.303 e. The van der Waals surface area contributed by atoms with E-state index in [0.717, 1.165) is 18.5 Å². The minimum absolute atomic E-state index is 0.0638. The van der Waals surface area contributed by atoms with Gasteiger partial charge in [-0.3, -0.25) is 9.36 Å². The topological polar surface area (TPSA) is 54.9 Å². The molecule has 12 heavy (non-hydrogen) atoms. The molecule has 1 aromatic heterocycles. The number of fused-ring (bicyclic) bond motifs is 1. The zero-order valence-corrected chi connectivity index (χ0v) is 6.89. The second-order valence-corrected chi connectivity index (χ2v) is 3.09. The Morgan fingerprint density at radius 1 is 1.33 bits per heavy atom. The Balaban J connectivity index is 2.68. The zero-order chi connectivity index (χ0) is 8.72. The molecule has 64 valence electrons. The molecule has 1 aliphatic carbocycles. The Bertz CT molecular complexity index is 386. The summed E-state index contributed by atoms with van der Waals surface area (Å²) >= 11 is 0. The van der Waals surface area contributed by atoms with E-state index in [-0.39, 0.29) is 11.5 Å². The van der Waals surface area contributed by atoms with Gasteiger partial charge in [-0.25, -0.2) is 4.79 Å². The molecule has 0 unspecified atom stereocenters. The van der Waals surface area contributed by atoms with Gasteiger partial charge in [-0.1, -0.05) is 0 Å². The highest BCUT2D eigenvalue weighted by atomic mass is 16.2. The molecule has 0 radical (unpaired) electrons. The van der Waals surface area contributed by atoms with Gasteiger partial charge in [0, 0.05) is 19.2 Å². The van der Waals surface area contributed by atoms with Crippen molar-refractivity contribution in [2.45, 2.75) is 19.3 Å². The molecule has 0 aliphatic heterocycles. The van der Waals surface area contributed by atoms with E-state index < -0.39 is 0 Å². The number of hydrogen-bond donors (Lipinski definition) is 1. The summed E-state index contributed by atoms with van der Waals surface area (Å²) in [7, 11) is 1.69. The van der Waals surface area contributed by atoms with Crippen LogP contribution in [0, 0.1) is 0 Å². The highest BCUT2D eigenvalue weighted by Gasteiger charge is 2.21. The molecule has 4 nitrogen and oxygen atoms in total. The van der Waals surface area contributed by atoms with E-state index in [2.05, 4.69) is 4.98 Å². The van der Waals surface area contributed by atoms with Crippen molar-refractivity contribution in [2.24, 2.45) is 7.05 Å². The normalized spacial score (nSPS) is 16.2. The van der Waals surface area contributed by atoms with Crippen LogP contribution in [0.15, 0.2) is 4.79 Å². The number of ketones is 1. The largest absolute Gasteiger partial charge is 0.326 e. The number of aromatic nitrogens is 2. The number of rotatable bonds is 0. The number of aromatic amines is 1. The first kappa shape index (κ1) is 7.34. The van der Waals surface area contributed by atoms with Gasteiger partial charge in [0.1, 0.15) is 5.69 Å². The molecule has 0 atom stereocenters. The lowest BCUT2D eigenvalue weighted by molar-refractivity contribution is 0.0967. The van der Waals surface area contributed by atoms with E-state index in [1.54, 1.807) is 7.05 Å². The lowest BCUT2D eigenvalue weighted by atomic mass is 10.00. The third-order valence-corrected chi connectivity index (χ3v) is 2.33. The smallest absolute Gasteiger partial charge is 0.303 e. The molecule has 4 heteroatoms. The van der Waals surface area contributed by atoms with E-state index in [9.17, 15) is 9.59 Å². The van der Waals surface area contributed by atoms with E-state index in [4.69, 9.17) is 0 Å². The van der Waals surface area contributed by atoms with Crippen molar-refractivity contribution in [1.82, 2.24) is 9.55 Å². The van der Waals surface area contributed by atoms with Crippen LogP contribution in [-0.4, -0.2) is 15.3 Å². The van der Waals surface area contributed by atoms with Gasteiger partial charge in [0.25, 0.3) is 0 Å². The molecule has 0 bridgehead atoms. The maximum absolute atomic E-state index is 11.3. The summed E-state index contributed by atoms with van der Waals surface area (Å²) in [5, 5.41) is 0. The van der Waals surface area contributed by atoms with Crippen LogP contribution in [0.25, 0.3) is 0 Å². The third kappa shape index (κ3) is 0.841. The summed E-state index contributed by atoms with van der Waals surface area (Å²) in [5.74, 6) is 0.0638. The van der Waals surface area contributed by atoms with E-state index >= 15 is 0 Å². The number of imidazole rings is 1. The van der Waals surface area contributed by atoms with Crippen LogP contribution in [0.3, 0.4) is 0 Å². The lowest BCUT2D eigenvalue weighted by Crippen LogP contribution is -2.15. The lowest BCUT2D eigenvalue weighted by Gasteiger charge is -2.09. The molecule has 0 fully saturated rings. The van der Waals surface area contributed by atoms with Crippen LogP contribution in [0.4, 0.5) is 0 Å². The van der Waals surface area contributed by atoms with Crippen molar-refractivity contribution in [3.8, 4) is 0 Å². The van der Waals surface area contributed by atoms with Crippen molar-refractivity contribution in [2.75, 3.05) is 0 Å². The molecular weight excluding hydrogens is 156 g/mol. The number of Topliss-reactive ketones (excluding diaryl/α,β-unsaturated/α-hetero) is 1. The maximum atomic E-state index is 11.3. The van der Waals surface area contributed by atoms with E-state index in [1.807, 2.05) is 0 Å². The van der Waals surface area contributed by atoms with Gasteiger partial charge >= 0.3 is 5.69 Å². The van der Waals surface area contributed by atoms with Crippen LogP contribution in [0.1, 0.15) is 29.0 Å². The van der Waals surface area contributed by atoms with Crippen LogP contribution in [0.5, 0.6) is 0 Å². The number of carbonyl (C=O) groups is 1. The Morgan fingerprint density at radius 3 is 2.75 bits per heavy atom. The molecule has 0 spiro atoms. The van der Waals surface area contributed by atoms with Gasteiger partial charge < -0.3 is 4.98 Å². The van der Waals surface area contributed by atoms with Gasteiger partial charge in [-0.15, -0.1) is 0 Å². The Kier molecular flexibility index (Phi) is 1.43. The standard InChI is InChI=1S/C8H10N2O2/c1-10-5-3-2-4-6(11)7(5)9-8(10)12/h2-4H2,1H3,(H,9,12). The second-order valence-electron chi connectivity index (χ2n) is 3.09. The number of carbonyl (C=O) groups excluding carboxylic acids is 1. The van der Waals surface area contributed by atoms with Crippen molar-refractivity contribution in [3.63, 3.8) is 0 Å². The number of hydrogen-bond acceptors (Lipinski definition) is 2. The van der Waals surface area contributed by atoms with Gasteiger partial charge in [0.05, 0.1) is 0 Å². The Labute approximate surface area is 69.2 Å². The zero-order valence-electron chi connectivity index (χ0n) is 6.89. The third-order valence-electron chi connectivity index (χ3n) is 2.33. The summed E-state index contributed by atoms with van der Waals surface area (Å²) in [4.78, 5) is 24.9. The maximum Gasteiger partial charge on any atom is 0.326 e. The summed E-state index contributed by atoms with van der Waals surface area (Å²) < 4.78 is 1.52. The predicted octanol–water partition coefficient (Wildman–Crippen LogP) is 0.232. The molecule has 2 rings (SSSR count). The van der Waals surface area contributed by atoms with Crippen LogP contribution in [0.2, 0.25) is 0 Å². The average Bonchev–Trinajstić information content (AvgIpc) is 2.32. The van der Waals surface area contributed by atoms with Crippen LogP contribution >= 0.6 is 0 Å². The first-order valence-corrected chi connectivity index (χ1v) is 4.01. The molecule has 0 amide bonds. The highest BCUT2D eigenvalue weighted by molar-refractivity contribution is 5.96. The van der Waals surface area contributed by atoms with Crippen LogP contribution < -0.4 is 5.69 Å². The average molecular weight is 166 g/mol. The minimum atomic E-state index is -0.185. The quantitative estimate of drug-likeness (QED) is 0.600. The summed E-state index contributed by atoms with van der Waals surface area (Å²) in [6, 6.07) is 0. The van der Waals surface area contributed by atoms with Gasteiger partial charge in [0.15, 0.2) is 5.78 Å². The second kappa shape index (κ2) is 2.33. The molecule has 0 saturated heterocycles. The fraction of sp³-hybridized carbons (Fsp3) is 0.500. The Morgan fingerprint density at radius 2 is 2.08 bits per heavy atom. The van der Waals surface area contributed by atoms with Crippen molar-refractivity contribution < 1.29 is 4.79 Å². The first-order valence-electron chi connectivity index (χ1n) is 4.01. The molecular formula is C8H10N2O2. The van der Waals surface area contributed by atoms with Crippen molar-refractivity contribution >= 4 is 5.78 Å². The molecule has 0 aromatic carbocycles. The first-order chi connectivity index (χ1) is 5.70. The number of nitrogens with zero attached hydrogens (tertiary/aromatic N) is 1. The molecule has 1 aromatic rings. The molecule has 1 aliphatic rings. The molecule has 1 heterocycles. The predicted molar refractivity (Wildman–Crippen MR) is 43.3 cm³/mol. The SMILES string of the molecule is Cn1c2c([nH]c1=O)C(=O)CCC2. The monoisotopic (exact) mass is 166 g/mol. The molecule has 1 N–H and O–H groups in total. The van der Waals surface area contributed by atoms with E-state index in [1.165, 1.54) is 4.57 Å². The van der Waals surface area contributed by atoms with Crippen molar-refractivity contribution in [1.29, 1.82) is 0 Å². The Hall–Kier alpha value is -1.32. The van der Waals surface area contributed by atoms with Crippen molar-refractivity contribution in [3.05, 3.63) is 21.9 Å². The number of nitrogens with one attached hydrogen (secondary N) is 1. The van der Waals surface area contributed by atoms with Gasteiger partial charge in [0.2, 0.25) is 0 Å². The van der Waals surface area contributed by atoms with Gasteiger partial charge in [-0.05, 0) is 12.8 Å². The summed E-state index contributed by atoms with van der Waals surface area (Å²) in [5.41, 5.74) is 1.19. The van der Waals surface area contributed by atoms with Gasteiger partial charge in [-0.2, -0.15) is 0 Å². The number of H-pyrrole nitrogens is 1. The molecule has 0 saturated carbocycles. The summed E-state index contributed by atoms with van der Waals surface area (Å²) in [6.07, 6.45) is 2.25. The highest BCUT2D eigenvalue weighted by Crippen LogP contribution is 2.16.